The molecule has 94 valence electrons. The van der Waals surface area contributed by atoms with Gasteiger partial charge in [-0.3, -0.25) is 4.79 Å². The first kappa shape index (κ1) is 13.5. The molecule has 0 saturated carbocycles. The average Bonchev–Trinajstić information content (AvgIpc) is 2.74. The molecule has 1 aliphatic rings. The molecule has 0 aromatic heterocycles. The number of nitrogens with one attached hydrogen (secondary N) is 1. The molecular formula is C12H23NO3. The van der Waals surface area contributed by atoms with Gasteiger partial charge in [0.25, 0.3) is 0 Å². The van der Waals surface area contributed by atoms with E-state index in [0.29, 0.717) is 11.8 Å². The van der Waals surface area contributed by atoms with Gasteiger partial charge < -0.3 is 15.2 Å². The second-order valence-corrected chi connectivity index (χ2v) is 4.76. The predicted molar refractivity (Wildman–Crippen MR) is 62.4 cm³/mol. The van der Waals surface area contributed by atoms with Crippen molar-refractivity contribution < 1.29 is 14.6 Å². The van der Waals surface area contributed by atoms with Crippen LogP contribution in [0.3, 0.4) is 0 Å². The number of hydrogen-bond acceptors (Lipinski definition) is 3. The summed E-state index contributed by atoms with van der Waals surface area (Å²) in [5.41, 5.74) is 0. The standard InChI is InChI=1S/C12H23NO3/c1-10(2-3-12(14)15)4-6-13-8-11-5-7-16-9-11/h10-11,13H,2-9H2,1H3,(H,14,15). The van der Waals surface area contributed by atoms with Crippen molar-refractivity contribution >= 4 is 5.97 Å². The van der Waals surface area contributed by atoms with E-state index in [2.05, 4.69) is 12.2 Å². The summed E-state index contributed by atoms with van der Waals surface area (Å²) < 4.78 is 5.29. The van der Waals surface area contributed by atoms with Crippen LogP contribution in [0, 0.1) is 11.8 Å². The van der Waals surface area contributed by atoms with E-state index in [1.165, 1.54) is 6.42 Å². The average molecular weight is 229 g/mol. The number of ether oxygens (including phenoxy) is 1. The van der Waals surface area contributed by atoms with Crippen molar-refractivity contribution in [2.75, 3.05) is 26.3 Å². The maximum Gasteiger partial charge on any atom is 0.303 e. The molecule has 0 aliphatic carbocycles. The van der Waals surface area contributed by atoms with Gasteiger partial charge in [0.15, 0.2) is 0 Å². The third-order valence-electron chi connectivity index (χ3n) is 3.12. The third kappa shape index (κ3) is 6.08. The molecule has 2 atom stereocenters. The second-order valence-electron chi connectivity index (χ2n) is 4.76. The van der Waals surface area contributed by atoms with Crippen molar-refractivity contribution in [3.8, 4) is 0 Å². The number of carbonyl (C=O) groups is 1. The first-order valence-electron chi connectivity index (χ1n) is 6.18. The SMILES string of the molecule is CC(CCNCC1CCOC1)CCC(=O)O. The second kappa shape index (κ2) is 7.63. The van der Waals surface area contributed by atoms with Gasteiger partial charge in [0.2, 0.25) is 0 Å². The van der Waals surface area contributed by atoms with Crippen LogP contribution in [-0.4, -0.2) is 37.4 Å². The van der Waals surface area contributed by atoms with Crippen molar-refractivity contribution in [2.24, 2.45) is 11.8 Å². The first-order valence-corrected chi connectivity index (χ1v) is 6.18. The monoisotopic (exact) mass is 229 g/mol. The highest BCUT2D eigenvalue weighted by molar-refractivity contribution is 5.66. The first-order chi connectivity index (χ1) is 7.68. The summed E-state index contributed by atoms with van der Waals surface area (Å²) in [4.78, 5) is 10.4. The molecule has 1 heterocycles. The summed E-state index contributed by atoms with van der Waals surface area (Å²) in [6.45, 7) is 5.93. The number of rotatable bonds is 8. The lowest BCUT2D eigenvalue weighted by molar-refractivity contribution is -0.137. The van der Waals surface area contributed by atoms with Crippen LogP contribution in [0.2, 0.25) is 0 Å². The lowest BCUT2D eigenvalue weighted by Crippen LogP contribution is -2.25. The maximum absolute atomic E-state index is 10.4. The molecule has 0 aromatic carbocycles. The minimum Gasteiger partial charge on any atom is -0.481 e. The fraction of sp³-hybridized carbons (Fsp3) is 0.917. The summed E-state index contributed by atoms with van der Waals surface area (Å²) in [6.07, 6.45) is 3.30. The Morgan fingerprint density at radius 1 is 1.56 bits per heavy atom. The van der Waals surface area contributed by atoms with Crippen LogP contribution in [0.1, 0.15) is 32.6 Å². The fourth-order valence-corrected chi connectivity index (χ4v) is 1.91. The van der Waals surface area contributed by atoms with E-state index in [0.717, 1.165) is 39.1 Å². The summed E-state index contributed by atoms with van der Waals surface area (Å²) >= 11 is 0. The number of carboxylic acids is 1. The van der Waals surface area contributed by atoms with Crippen LogP contribution < -0.4 is 5.32 Å². The van der Waals surface area contributed by atoms with Crippen LogP contribution in [0.4, 0.5) is 0 Å². The minimum atomic E-state index is -0.692. The Labute approximate surface area is 97.4 Å². The van der Waals surface area contributed by atoms with Crippen molar-refractivity contribution in [1.82, 2.24) is 5.32 Å². The lowest BCUT2D eigenvalue weighted by atomic mass is 10.0. The highest BCUT2D eigenvalue weighted by Gasteiger charge is 2.14. The van der Waals surface area contributed by atoms with Gasteiger partial charge in [-0.1, -0.05) is 6.92 Å². The molecule has 4 nitrogen and oxygen atoms in total. The fourth-order valence-electron chi connectivity index (χ4n) is 1.91. The molecule has 1 saturated heterocycles. The van der Waals surface area contributed by atoms with Gasteiger partial charge in [0, 0.05) is 19.6 Å². The van der Waals surface area contributed by atoms with Crippen molar-refractivity contribution in [1.29, 1.82) is 0 Å². The molecule has 0 amide bonds. The molecule has 2 N–H and O–H groups in total. The third-order valence-corrected chi connectivity index (χ3v) is 3.12. The largest absolute Gasteiger partial charge is 0.481 e. The summed E-state index contributed by atoms with van der Waals surface area (Å²) in [7, 11) is 0. The van der Waals surface area contributed by atoms with E-state index in [9.17, 15) is 4.79 Å². The zero-order chi connectivity index (χ0) is 11.8. The molecule has 0 spiro atoms. The van der Waals surface area contributed by atoms with E-state index in [4.69, 9.17) is 9.84 Å². The normalized spacial score (nSPS) is 22.2. The van der Waals surface area contributed by atoms with Crippen LogP contribution in [0.5, 0.6) is 0 Å². The van der Waals surface area contributed by atoms with E-state index >= 15 is 0 Å². The van der Waals surface area contributed by atoms with Gasteiger partial charge in [-0.25, -0.2) is 0 Å². The van der Waals surface area contributed by atoms with Crippen LogP contribution >= 0.6 is 0 Å². The Hall–Kier alpha value is -0.610. The topological polar surface area (TPSA) is 58.6 Å². The molecule has 1 rings (SSSR count). The van der Waals surface area contributed by atoms with Gasteiger partial charge in [0.05, 0.1) is 6.61 Å². The Bertz CT molecular complexity index is 202. The number of hydrogen-bond donors (Lipinski definition) is 2. The highest BCUT2D eigenvalue weighted by Crippen LogP contribution is 2.12. The zero-order valence-corrected chi connectivity index (χ0v) is 10.1. The van der Waals surface area contributed by atoms with Crippen LogP contribution in [0.25, 0.3) is 0 Å². The Morgan fingerprint density at radius 2 is 2.38 bits per heavy atom. The van der Waals surface area contributed by atoms with Gasteiger partial charge in [0.1, 0.15) is 0 Å². The van der Waals surface area contributed by atoms with Crippen molar-refractivity contribution in [2.45, 2.75) is 32.6 Å². The van der Waals surface area contributed by atoms with Crippen molar-refractivity contribution in [3.05, 3.63) is 0 Å². The summed E-state index contributed by atoms with van der Waals surface area (Å²) in [5, 5.41) is 12.0. The molecule has 0 aromatic rings. The van der Waals surface area contributed by atoms with Crippen LogP contribution in [0.15, 0.2) is 0 Å². The van der Waals surface area contributed by atoms with Gasteiger partial charge in [-0.2, -0.15) is 0 Å². The number of carboxylic acid groups (broad SMARTS) is 1. The molecule has 1 fully saturated rings. The van der Waals surface area contributed by atoms with Crippen LogP contribution in [-0.2, 0) is 9.53 Å². The van der Waals surface area contributed by atoms with Gasteiger partial charge >= 0.3 is 5.97 Å². The minimum absolute atomic E-state index is 0.289. The lowest BCUT2D eigenvalue weighted by Gasteiger charge is -2.12. The van der Waals surface area contributed by atoms with Crippen molar-refractivity contribution in [3.63, 3.8) is 0 Å². The molecule has 0 bridgehead atoms. The zero-order valence-electron chi connectivity index (χ0n) is 10.1. The summed E-state index contributed by atoms with van der Waals surface area (Å²) in [5.74, 6) is 0.473. The molecule has 16 heavy (non-hydrogen) atoms. The van der Waals surface area contributed by atoms with E-state index in [1.54, 1.807) is 0 Å². The van der Waals surface area contributed by atoms with E-state index < -0.39 is 5.97 Å². The molecule has 2 unspecified atom stereocenters. The Balaban J connectivity index is 1.91. The van der Waals surface area contributed by atoms with E-state index in [-0.39, 0.29) is 6.42 Å². The molecule has 0 radical (unpaired) electrons. The van der Waals surface area contributed by atoms with E-state index in [1.807, 2.05) is 0 Å². The maximum atomic E-state index is 10.4. The molecule has 1 aliphatic heterocycles. The van der Waals surface area contributed by atoms with Gasteiger partial charge in [-0.05, 0) is 37.6 Å². The number of aliphatic carboxylic acids is 1. The predicted octanol–water partition coefficient (Wildman–Crippen LogP) is 1.50. The molecular weight excluding hydrogens is 206 g/mol. The Morgan fingerprint density at radius 3 is 3.00 bits per heavy atom. The quantitative estimate of drug-likeness (QED) is 0.619. The summed E-state index contributed by atoms with van der Waals surface area (Å²) in [6, 6.07) is 0. The molecule has 4 heteroatoms. The highest BCUT2D eigenvalue weighted by atomic mass is 16.5. The smallest absolute Gasteiger partial charge is 0.303 e. The Kier molecular flexibility index (Phi) is 6.42. The van der Waals surface area contributed by atoms with Gasteiger partial charge in [-0.15, -0.1) is 0 Å².